The third kappa shape index (κ3) is 4.67. The van der Waals surface area contributed by atoms with E-state index in [0.717, 1.165) is 11.3 Å². The highest BCUT2D eigenvalue weighted by Gasteiger charge is 2.14. The van der Waals surface area contributed by atoms with Crippen LogP contribution in [0.3, 0.4) is 0 Å². The van der Waals surface area contributed by atoms with Gasteiger partial charge in [-0.2, -0.15) is 5.10 Å². The number of rotatable bonds is 7. The predicted molar refractivity (Wildman–Crippen MR) is 97.4 cm³/mol. The van der Waals surface area contributed by atoms with E-state index >= 15 is 0 Å². The summed E-state index contributed by atoms with van der Waals surface area (Å²) in [5, 5.41) is 10.5. The molecular formula is C19H21N5O. The largest absolute Gasteiger partial charge is 0.383 e. The molecule has 0 fully saturated rings. The SMILES string of the molecule is C[C@@H](CNc1ccccc1)NC(=O)c1ccccc1Cn1cncn1. The number of aromatic nitrogens is 3. The molecule has 3 aromatic rings. The van der Waals surface area contributed by atoms with E-state index in [9.17, 15) is 4.79 Å². The molecule has 25 heavy (non-hydrogen) atoms. The summed E-state index contributed by atoms with van der Waals surface area (Å²) < 4.78 is 1.70. The fourth-order valence-corrected chi connectivity index (χ4v) is 2.55. The molecule has 0 unspecified atom stereocenters. The second-order valence-corrected chi connectivity index (χ2v) is 5.87. The summed E-state index contributed by atoms with van der Waals surface area (Å²) in [5.74, 6) is -0.0851. The summed E-state index contributed by atoms with van der Waals surface area (Å²) >= 11 is 0. The standard InChI is InChI=1S/C19H21N5O/c1-15(11-21-17-8-3-2-4-9-17)23-19(25)18-10-6-5-7-16(18)12-24-14-20-13-22-24/h2-10,13-15,21H,11-12H2,1H3,(H,23,25)/t15-/m0/s1. The maximum Gasteiger partial charge on any atom is 0.251 e. The normalized spacial score (nSPS) is 11.7. The van der Waals surface area contributed by atoms with Crippen molar-refractivity contribution in [3.63, 3.8) is 0 Å². The van der Waals surface area contributed by atoms with E-state index < -0.39 is 0 Å². The average molecular weight is 335 g/mol. The summed E-state index contributed by atoms with van der Waals surface area (Å²) in [6.07, 6.45) is 3.13. The summed E-state index contributed by atoms with van der Waals surface area (Å²) in [6, 6.07) is 17.5. The van der Waals surface area contributed by atoms with E-state index in [1.165, 1.54) is 6.33 Å². The molecular weight excluding hydrogens is 314 g/mol. The molecule has 0 bridgehead atoms. The van der Waals surface area contributed by atoms with E-state index in [0.29, 0.717) is 18.7 Å². The van der Waals surface area contributed by atoms with Gasteiger partial charge in [0.05, 0.1) is 6.54 Å². The first-order chi connectivity index (χ1) is 12.2. The second-order valence-electron chi connectivity index (χ2n) is 5.87. The van der Waals surface area contributed by atoms with Gasteiger partial charge in [0.25, 0.3) is 5.91 Å². The maximum atomic E-state index is 12.6. The Morgan fingerprint density at radius 1 is 1.12 bits per heavy atom. The Hall–Kier alpha value is -3.15. The molecule has 0 aliphatic heterocycles. The highest BCUT2D eigenvalue weighted by molar-refractivity contribution is 5.95. The van der Waals surface area contributed by atoms with Gasteiger partial charge in [0.15, 0.2) is 0 Å². The van der Waals surface area contributed by atoms with Gasteiger partial charge in [0.2, 0.25) is 0 Å². The Morgan fingerprint density at radius 3 is 2.64 bits per heavy atom. The number of anilines is 1. The number of para-hydroxylation sites is 1. The number of hydrogen-bond acceptors (Lipinski definition) is 4. The highest BCUT2D eigenvalue weighted by atomic mass is 16.1. The predicted octanol–water partition coefficient (Wildman–Crippen LogP) is 2.56. The summed E-state index contributed by atoms with van der Waals surface area (Å²) in [4.78, 5) is 16.6. The van der Waals surface area contributed by atoms with E-state index in [2.05, 4.69) is 20.7 Å². The van der Waals surface area contributed by atoms with E-state index in [4.69, 9.17) is 0 Å². The van der Waals surface area contributed by atoms with E-state index in [1.807, 2.05) is 61.5 Å². The van der Waals surface area contributed by atoms with Gasteiger partial charge in [0.1, 0.15) is 12.7 Å². The first kappa shape index (κ1) is 16.7. The number of amides is 1. The van der Waals surface area contributed by atoms with Crippen molar-refractivity contribution in [3.8, 4) is 0 Å². The topological polar surface area (TPSA) is 71.8 Å². The molecule has 0 saturated heterocycles. The van der Waals surface area contributed by atoms with Crippen LogP contribution in [0.1, 0.15) is 22.8 Å². The molecule has 6 nitrogen and oxygen atoms in total. The van der Waals surface area contributed by atoms with Crippen LogP contribution in [0.15, 0.2) is 67.3 Å². The van der Waals surface area contributed by atoms with Crippen molar-refractivity contribution in [2.24, 2.45) is 0 Å². The smallest absolute Gasteiger partial charge is 0.251 e. The van der Waals surface area contributed by atoms with Crippen LogP contribution in [0, 0.1) is 0 Å². The molecule has 0 radical (unpaired) electrons. The monoisotopic (exact) mass is 335 g/mol. The molecule has 1 heterocycles. The van der Waals surface area contributed by atoms with Crippen molar-refractivity contribution >= 4 is 11.6 Å². The maximum absolute atomic E-state index is 12.6. The fourth-order valence-electron chi connectivity index (χ4n) is 2.55. The zero-order valence-electron chi connectivity index (χ0n) is 14.1. The summed E-state index contributed by atoms with van der Waals surface area (Å²) in [7, 11) is 0. The molecule has 6 heteroatoms. The third-order valence-corrected chi connectivity index (χ3v) is 3.82. The lowest BCUT2D eigenvalue weighted by molar-refractivity contribution is 0.0941. The molecule has 2 N–H and O–H groups in total. The van der Waals surface area contributed by atoms with Gasteiger partial charge in [-0.3, -0.25) is 4.79 Å². The summed E-state index contributed by atoms with van der Waals surface area (Å²) in [5.41, 5.74) is 2.61. The van der Waals surface area contributed by atoms with Crippen LogP contribution >= 0.6 is 0 Å². The quantitative estimate of drug-likeness (QED) is 0.696. The molecule has 1 atom stereocenters. The number of nitrogens with one attached hydrogen (secondary N) is 2. The molecule has 1 amide bonds. The number of carbonyl (C=O) groups is 1. The van der Waals surface area contributed by atoms with Gasteiger partial charge in [-0.25, -0.2) is 9.67 Å². The van der Waals surface area contributed by atoms with Gasteiger partial charge >= 0.3 is 0 Å². The number of hydrogen-bond donors (Lipinski definition) is 2. The van der Waals surface area contributed by atoms with Crippen molar-refractivity contribution < 1.29 is 4.79 Å². The minimum Gasteiger partial charge on any atom is -0.383 e. The van der Waals surface area contributed by atoms with Gasteiger partial charge < -0.3 is 10.6 Å². The zero-order chi connectivity index (χ0) is 17.5. The van der Waals surface area contributed by atoms with Crippen molar-refractivity contribution in [2.45, 2.75) is 19.5 Å². The lowest BCUT2D eigenvalue weighted by Gasteiger charge is -2.17. The molecule has 0 spiro atoms. The van der Waals surface area contributed by atoms with Crippen LogP contribution in [0.4, 0.5) is 5.69 Å². The van der Waals surface area contributed by atoms with Crippen molar-refractivity contribution in [3.05, 3.63) is 78.4 Å². The van der Waals surface area contributed by atoms with Crippen LogP contribution in [0.5, 0.6) is 0 Å². The Bertz CT molecular complexity index is 802. The molecule has 3 rings (SSSR count). The molecule has 128 valence electrons. The van der Waals surface area contributed by atoms with Crippen LogP contribution in [0.2, 0.25) is 0 Å². The minimum absolute atomic E-state index is 0.00728. The molecule has 1 aromatic heterocycles. The minimum atomic E-state index is -0.0851. The first-order valence-electron chi connectivity index (χ1n) is 8.22. The van der Waals surface area contributed by atoms with Gasteiger partial charge in [0, 0.05) is 23.8 Å². The Morgan fingerprint density at radius 2 is 1.88 bits per heavy atom. The van der Waals surface area contributed by atoms with E-state index in [1.54, 1.807) is 11.0 Å². The van der Waals surface area contributed by atoms with Crippen LogP contribution in [-0.2, 0) is 6.54 Å². The Kier molecular flexibility index (Phi) is 5.41. The lowest BCUT2D eigenvalue weighted by atomic mass is 10.1. The van der Waals surface area contributed by atoms with Gasteiger partial charge in [-0.05, 0) is 30.7 Å². The third-order valence-electron chi connectivity index (χ3n) is 3.82. The summed E-state index contributed by atoms with van der Waals surface area (Å²) in [6.45, 7) is 3.15. The van der Waals surface area contributed by atoms with Crippen LogP contribution in [-0.4, -0.2) is 33.3 Å². The van der Waals surface area contributed by atoms with E-state index in [-0.39, 0.29) is 11.9 Å². The van der Waals surface area contributed by atoms with Crippen LogP contribution in [0.25, 0.3) is 0 Å². The second kappa shape index (κ2) is 8.10. The number of nitrogens with zero attached hydrogens (tertiary/aromatic N) is 3. The highest BCUT2D eigenvalue weighted by Crippen LogP contribution is 2.11. The molecule has 0 aliphatic rings. The molecule has 0 saturated carbocycles. The van der Waals surface area contributed by atoms with Crippen molar-refractivity contribution in [1.82, 2.24) is 20.1 Å². The van der Waals surface area contributed by atoms with Crippen molar-refractivity contribution in [2.75, 3.05) is 11.9 Å². The Balaban J connectivity index is 1.61. The Labute approximate surface area is 146 Å². The molecule has 2 aromatic carbocycles. The first-order valence-corrected chi connectivity index (χ1v) is 8.22. The number of carbonyl (C=O) groups excluding carboxylic acids is 1. The zero-order valence-corrected chi connectivity index (χ0v) is 14.1. The van der Waals surface area contributed by atoms with Crippen LogP contribution < -0.4 is 10.6 Å². The average Bonchev–Trinajstić information content (AvgIpc) is 3.14. The molecule has 0 aliphatic carbocycles. The van der Waals surface area contributed by atoms with Crippen molar-refractivity contribution in [1.29, 1.82) is 0 Å². The number of benzene rings is 2. The lowest BCUT2D eigenvalue weighted by Crippen LogP contribution is -2.37. The van der Waals surface area contributed by atoms with Gasteiger partial charge in [-0.15, -0.1) is 0 Å². The fraction of sp³-hybridized carbons (Fsp3) is 0.211. The van der Waals surface area contributed by atoms with Gasteiger partial charge in [-0.1, -0.05) is 36.4 Å².